The van der Waals surface area contributed by atoms with Gasteiger partial charge in [-0.05, 0) is 0 Å². The van der Waals surface area contributed by atoms with E-state index >= 15 is 0 Å². The second-order valence-corrected chi connectivity index (χ2v) is 2.76. The van der Waals surface area contributed by atoms with Gasteiger partial charge in [0, 0.05) is 20.7 Å². The van der Waals surface area contributed by atoms with Crippen molar-refractivity contribution in [1.82, 2.24) is 20.8 Å². The van der Waals surface area contributed by atoms with Crippen molar-refractivity contribution < 1.29 is 14.1 Å². The first-order valence-electron chi connectivity index (χ1n) is 4.52. The molecule has 84 valence electrons. The zero-order chi connectivity index (χ0) is 11.1. The van der Waals surface area contributed by atoms with E-state index in [4.69, 9.17) is 9.26 Å². The Kier molecular flexibility index (Phi) is 4.72. The number of rotatable bonds is 6. The van der Waals surface area contributed by atoms with E-state index in [1.807, 2.05) is 0 Å². The molecule has 0 saturated heterocycles. The summed E-state index contributed by atoms with van der Waals surface area (Å²) in [5.74, 6) is 0.0626. The maximum atomic E-state index is 11.1. The summed E-state index contributed by atoms with van der Waals surface area (Å²) in [7, 11) is 3.13. The highest BCUT2D eigenvalue weighted by atomic mass is 16.5. The lowest BCUT2D eigenvalue weighted by Crippen LogP contribution is -2.20. The molecule has 1 heterocycles. The number of carbonyl (C=O) groups is 1. The van der Waals surface area contributed by atoms with Crippen LogP contribution in [0.25, 0.3) is 0 Å². The van der Waals surface area contributed by atoms with Gasteiger partial charge in [0.2, 0.25) is 5.89 Å². The Morgan fingerprint density at radius 3 is 3.07 bits per heavy atom. The molecule has 0 aromatic carbocycles. The molecule has 0 unspecified atom stereocenters. The summed E-state index contributed by atoms with van der Waals surface area (Å²) in [6.07, 6.45) is 0. The molecule has 7 heteroatoms. The molecule has 1 aromatic heterocycles. The minimum absolute atomic E-state index is 0.0426. The van der Waals surface area contributed by atoms with Gasteiger partial charge in [0.25, 0.3) is 11.7 Å². The van der Waals surface area contributed by atoms with Crippen LogP contribution in [0.3, 0.4) is 0 Å². The van der Waals surface area contributed by atoms with Gasteiger partial charge in [0.15, 0.2) is 0 Å². The molecule has 0 aliphatic heterocycles. The molecular formula is C8H14N4O3. The van der Waals surface area contributed by atoms with Gasteiger partial charge in [-0.15, -0.1) is 0 Å². The van der Waals surface area contributed by atoms with Crippen LogP contribution in [0.4, 0.5) is 0 Å². The maximum Gasteiger partial charge on any atom is 0.292 e. The number of hydrogen-bond acceptors (Lipinski definition) is 6. The van der Waals surface area contributed by atoms with Gasteiger partial charge in [-0.25, -0.2) is 0 Å². The van der Waals surface area contributed by atoms with Gasteiger partial charge in [-0.3, -0.25) is 4.79 Å². The highest BCUT2D eigenvalue weighted by molar-refractivity contribution is 5.89. The Balaban J connectivity index is 2.36. The third-order valence-electron chi connectivity index (χ3n) is 1.66. The van der Waals surface area contributed by atoms with Crippen molar-refractivity contribution in [3.05, 3.63) is 11.7 Å². The third-order valence-corrected chi connectivity index (χ3v) is 1.66. The van der Waals surface area contributed by atoms with Gasteiger partial charge >= 0.3 is 0 Å². The first kappa shape index (κ1) is 11.6. The molecule has 15 heavy (non-hydrogen) atoms. The summed E-state index contributed by atoms with van der Waals surface area (Å²) in [5.41, 5.74) is 0. The largest absolute Gasteiger partial charge is 0.383 e. The van der Waals surface area contributed by atoms with E-state index in [0.717, 1.165) is 0 Å². The standard InChI is InChI=1S/C8H14N4O3/c1-9-8(13)7-11-6(15-12-7)5-10-3-4-14-2/h10H,3-5H2,1-2H3,(H,9,13). The summed E-state index contributed by atoms with van der Waals surface area (Å²) < 4.78 is 9.69. The van der Waals surface area contributed by atoms with Gasteiger partial charge in [0.05, 0.1) is 13.2 Å². The number of nitrogens with zero attached hydrogens (tertiary/aromatic N) is 2. The highest BCUT2D eigenvalue weighted by Gasteiger charge is 2.11. The maximum absolute atomic E-state index is 11.1. The van der Waals surface area contributed by atoms with Crippen molar-refractivity contribution in [3.8, 4) is 0 Å². The summed E-state index contributed by atoms with van der Waals surface area (Å²) in [6, 6.07) is 0. The van der Waals surface area contributed by atoms with Crippen molar-refractivity contribution in [1.29, 1.82) is 0 Å². The van der Waals surface area contributed by atoms with Crippen LogP contribution in [0.1, 0.15) is 16.5 Å². The monoisotopic (exact) mass is 214 g/mol. The zero-order valence-corrected chi connectivity index (χ0v) is 8.74. The SMILES string of the molecule is CNC(=O)c1noc(CNCCOC)n1. The molecule has 1 aromatic rings. The average molecular weight is 214 g/mol. The molecule has 0 aliphatic rings. The van der Waals surface area contributed by atoms with Crippen molar-refractivity contribution in [2.24, 2.45) is 0 Å². The summed E-state index contributed by atoms with van der Waals surface area (Å²) >= 11 is 0. The summed E-state index contributed by atoms with van der Waals surface area (Å²) in [5, 5.41) is 8.94. The predicted molar refractivity (Wildman–Crippen MR) is 51.3 cm³/mol. The van der Waals surface area contributed by atoms with E-state index in [2.05, 4.69) is 20.8 Å². The second-order valence-electron chi connectivity index (χ2n) is 2.76. The number of carbonyl (C=O) groups excluding carboxylic acids is 1. The quantitative estimate of drug-likeness (QED) is 0.600. The number of amides is 1. The molecule has 0 bridgehead atoms. The molecule has 7 nitrogen and oxygen atoms in total. The first-order chi connectivity index (χ1) is 7.27. The lowest BCUT2D eigenvalue weighted by molar-refractivity contribution is 0.0950. The Labute approximate surface area is 87.2 Å². The van der Waals surface area contributed by atoms with Crippen LogP contribution in [0, 0.1) is 0 Å². The molecule has 1 rings (SSSR count). The Hall–Kier alpha value is -1.47. The van der Waals surface area contributed by atoms with Crippen LogP contribution < -0.4 is 10.6 Å². The summed E-state index contributed by atoms with van der Waals surface area (Å²) in [4.78, 5) is 15.0. The van der Waals surface area contributed by atoms with Crippen LogP contribution in [0.5, 0.6) is 0 Å². The van der Waals surface area contributed by atoms with Crippen LogP contribution in [0.2, 0.25) is 0 Å². The molecule has 0 fully saturated rings. The van der Waals surface area contributed by atoms with Crippen LogP contribution in [0.15, 0.2) is 4.52 Å². The Morgan fingerprint density at radius 1 is 1.60 bits per heavy atom. The highest BCUT2D eigenvalue weighted by Crippen LogP contribution is 1.96. The van der Waals surface area contributed by atoms with Crippen LogP contribution in [-0.2, 0) is 11.3 Å². The molecule has 0 atom stereocenters. The zero-order valence-electron chi connectivity index (χ0n) is 8.74. The van der Waals surface area contributed by atoms with Crippen molar-refractivity contribution in [3.63, 3.8) is 0 Å². The van der Waals surface area contributed by atoms with E-state index < -0.39 is 0 Å². The number of aromatic nitrogens is 2. The van der Waals surface area contributed by atoms with Gasteiger partial charge in [-0.1, -0.05) is 5.16 Å². The molecule has 0 saturated carbocycles. The lowest BCUT2D eigenvalue weighted by atomic mass is 10.5. The fraction of sp³-hybridized carbons (Fsp3) is 0.625. The number of methoxy groups -OCH3 is 1. The van der Waals surface area contributed by atoms with E-state index in [1.54, 1.807) is 7.11 Å². The molecule has 2 N–H and O–H groups in total. The minimum atomic E-state index is -0.359. The first-order valence-corrected chi connectivity index (χ1v) is 4.52. The average Bonchev–Trinajstić information content (AvgIpc) is 2.72. The number of ether oxygens (including phenoxy) is 1. The number of nitrogens with one attached hydrogen (secondary N) is 2. The van der Waals surface area contributed by atoms with Gasteiger partial charge in [0.1, 0.15) is 0 Å². The summed E-state index contributed by atoms with van der Waals surface area (Å²) in [6.45, 7) is 1.72. The van der Waals surface area contributed by atoms with Crippen molar-refractivity contribution in [2.75, 3.05) is 27.3 Å². The fourth-order valence-corrected chi connectivity index (χ4v) is 0.900. The van der Waals surface area contributed by atoms with E-state index in [9.17, 15) is 4.79 Å². The predicted octanol–water partition coefficient (Wildman–Crippen LogP) is -0.835. The Bertz CT molecular complexity index is 313. The molecular weight excluding hydrogens is 200 g/mol. The fourth-order valence-electron chi connectivity index (χ4n) is 0.900. The third kappa shape index (κ3) is 3.64. The normalized spacial score (nSPS) is 10.3. The van der Waals surface area contributed by atoms with Crippen LogP contribution in [-0.4, -0.2) is 43.4 Å². The van der Waals surface area contributed by atoms with E-state index in [0.29, 0.717) is 25.6 Å². The Morgan fingerprint density at radius 2 is 2.40 bits per heavy atom. The van der Waals surface area contributed by atoms with Gasteiger partial charge in [-0.2, -0.15) is 4.98 Å². The van der Waals surface area contributed by atoms with E-state index in [1.165, 1.54) is 7.05 Å². The smallest absolute Gasteiger partial charge is 0.292 e. The minimum Gasteiger partial charge on any atom is -0.383 e. The molecule has 0 spiro atoms. The second kappa shape index (κ2) is 6.10. The lowest BCUT2D eigenvalue weighted by Gasteiger charge is -1.98. The molecule has 0 aliphatic carbocycles. The van der Waals surface area contributed by atoms with Crippen molar-refractivity contribution >= 4 is 5.91 Å². The molecule has 1 amide bonds. The van der Waals surface area contributed by atoms with E-state index in [-0.39, 0.29) is 11.7 Å². The molecule has 0 radical (unpaired) electrons. The number of hydrogen-bond donors (Lipinski definition) is 2. The topological polar surface area (TPSA) is 89.3 Å². The van der Waals surface area contributed by atoms with Crippen LogP contribution >= 0.6 is 0 Å². The van der Waals surface area contributed by atoms with Gasteiger partial charge < -0.3 is 19.9 Å². The van der Waals surface area contributed by atoms with Crippen molar-refractivity contribution in [2.45, 2.75) is 6.54 Å².